The number of amides is 1. The number of hydroxylamine groups is 1. The fourth-order valence-electron chi connectivity index (χ4n) is 1.32. The summed E-state index contributed by atoms with van der Waals surface area (Å²) < 4.78 is 12.2. The van der Waals surface area contributed by atoms with Gasteiger partial charge in [-0.2, -0.15) is 0 Å². The molecule has 0 aromatic heterocycles. The first-order valence-corrected chi connectivity index (χ1v) is 5.78. The average Bonchev–Trinajstić information content (AvgIpc) is 2.51. The summed E-state index contributed by atoms with van der Waals surface area (Å²) in [4.78, 5) is 21.0. The van der Waals surface area contributed by atoms with E-state index in [4.69, 9.17) is 16.7 Å². The number of nitrogens with one attached hydrogen (secondary N) is 1. The molecule has 0 aliphatic carbocycles. The zero-order valence-electron chi connectivity index (χ0n) is 10.9. The quantitative estimate of drug-likeness (QED) is 0.290. The molecule has 110 valence electrons. The number of nitrogens with two attached hydrogens (primary N) is 2. The Bertz CT molecular complexity index is 630. The Hall–Kier alpha value is -2.93. The summed E-state index contributed by atoms with van der Waals surface area (Å²) >= 11 is 0. The van der Waals surface area contributed by atoms with E-state index in [1.54, 1.807) is 0 Å². The van der Waals surface area contributed by atoms with Gasteiger partial charge >= 0.3 is 0 Å². The number of rotatable bonds is 2. The summed E-state index contributed by atoms with van der Waals surface area (Å²) in [5.74, 6) is -0.950. The normalized spacial score (nSPS) is 9.24. The van der Waals surface area contributed by atoms with Crippen molar-refractivity contribution < 1.29 is 19.2 Å². The van der Waals surface area contributed by atoms with Gasteiger partial charge in [-0.1, -0.05) is 12.1 Å². The van der Waals surface area contributed by atoms with E-state index >= 15 is 0 Å². The van der Waals surface area contributed by atoms with Crippen LogP contribution in [0.1, 0.15) is 20.7 Å². The van der Waals surface area contributed by atoms with Crippen LogP contribution in [0.15, 0.2) is 42.5 Å². The topological polar surface area (TPSA) is 118 Å². The van der Waals surface area contributed by atoms with Gasteiger partial charge < -0.3 is 11.5 Å². The minimum absolute atomic E-state index is 0.287. The van der Waals surface area contributed by atoms with Crippen LogP contribution in [0.2, 0.25) is 0 Å². The van der Waals surface area contributed by atoms with Gasteiger partial charge in [0.1, 0.15) is 12.1 Å². The highest BCUT2D eigenvalue weighted by Crippen LogP contribution is 2.13. The molecule has 6 N–H and O–H groups in total. The smallest absolute Gasteiger partial charge is 0.274 e. The van der Waals surface area contributed by atoms with E-state index in [-0.39, 0.29) is 11.5 Å². The van der Waals surface area contributed by atoms with E-state index in [0.717, 1.165) is 0 Å². The summed E-state index contributed by atoms with van der Waals surface area (Å²) in [5.41, 5.74) is 13.5. The SMILES string of the molecule is Nc1ccc(F)cc1N.O=Cc1ccc(C(=O)NO)cc1. The number of aldehydes is 1. The summed E-state index contributed by atoms with van der Waals surface area (Å²) in [6.07, 6.45) is 0.681. The number of carbonyl (C=O) groups excluding carboxylic acids is 2. The van der Waals surface area contributed by atoms with Crippen LogP contribution in [-0.4, -0.2) is 17.4 Å². The van der Waals surface area contributed by atoms with Crippen LogP contribution in [-0.2, 0) is 0 Å². The standard InChI is InChI=1S/C8H7NO3.C6H7FN2/c10-5-6-1-3-7(4-2-6)8(11)9-12;7-4-1-2-5(8)6(9)3-4/h1-5,12H,(H,9,11);1-3H,8-9H2. The van der Waals surface area contributed by atoms with E-state index in [2.05, 4.69) is 0 Å². The largest absolute Gasteiger partial charge is 0.397 e. The second-order valence-electron chi connectivity index (χ2n) is 3.95. The minimum atomic E-state index is -0.590. The molecule has 0 spiro atoms. The maximum absolute atomic E-state index is 12.2. The second kappa shape index (κ2) is 7.61. The first-order chi connectivity index (χ1) is 9.97. The first-order valence-electron chi connectivity index (χ1n) is 5.78. The third kappa shape index (κ3) is 4.92. The van der Waals surface area contributed by atoms with Crippen LogP contribution >= 0.6 is 0 Å². The second-order valence-corrected chi connectivity index (χ2v) is 3.95. The first kappa shape index (κ1) is 16.1. The highest BCUT2D eigenvalue weighted by molar-refractivity contribution is 5.93. The maximum atomic E-state index is 12.2. The lowest BCUT2D eigenvalue weighted by Crippen LogP contribution is -2.18. The number of nitrogen functional groups attached to an aromatic ring is 2. The van der Waals surface area contributed by atoms with Crippen LogP contribution < -0.4 is 16.9 Å². The molecule has 0 atom stereocenters. The maximum Gasteiger partial charge on any atom is 0.274 e. The van der Waals surface area contributed by atoms with Crippen LogP contribution in [0.5, 0.6) is 0 Å². The predicted octanol–water partition coefficient (Wildman–Crippen LogP) is 1.61. The van der Waals surface area contributed by atoms with Crippen LogP contribution in [0, 0.1) is 5.82 Å². The molecule has 7 heteroatoms. The number of halogens is 1. The fourth-order valence-corrected chi connectivity index (χ4v) is 1.32. The van der Waals surface area contributed by atoms with Crippen molar-refractivity contribution in [1.82, 2.24) is 5.48 Å². The number of hydrogen-bond donors (Lipinski definition) is 4. The van der Waals surface area contributed by atoms with Gasteiger partial charge in [-0.3, -0.25) is 14.8 Å². The van der Waals surface area contributed by atoms with Crippen molar-refractivity contribution in [3.8, 4) is 0 Å². The molecule has 2 rings (SSSR count). The molecule has 0 unspecified atom stereocenters. The van der Waals surface area contributed by atoms with Crippen LogP contribution in [0.25, 0.3) is 0 Å². The van der Waals surface area contributed by atoms with Gasteiger partial charge in [-0.05, 0) is 30.3 Å². The molecular weight excluding hydrogens is 277 g/mol. The van der Waals surface area contributed by atoms with E-state index in [1.165, 1.54) is 47.9 Å². The zero-order chi connectivity index (χ0) is 15.8. The number of benzene rings is 2. The Morgan fingerprint density at radius 1 is 1.10 bits per heavy atom. The Labute approximate surface area is 120 Å². The molecule has 1 amide bonds. The van der Waals surface area contributed by atoms with E-state index < -0.39 is 5.91 Å². The Morgan fingerprint density at radius 2 is 1.71 bits per heavy atom. The van der Waals surface area contributed by atoms with E-state index in [9.17, 15) is 14.0 Å². The molecule has 2 aromatic carbocycles. The van der Waals surface area contributed by atoms with Crippen LogP contribution in [0.4, 0.5) is 15.8 Å². The summed E-state index contributed by atoms with van der Waals surface area (Å²) in [6.45, 7) is 0. The van der Waals surface area contributed by atoms with Crippen molar-refractivity contribution in [3.05, 3.63) is 59.4 Å². The van der Waals surface area contributed by atoms with E-state index in [0.29, 0.717) is 23.1 Å². The third-order valence-electron chi connectivity index (χ3n) is 2.46. The molecule has 0 saturated heterocycles. The van der Waals surface area contributed by atoms with Gasteiger partial charge in [0.25, 0.3) is 5.91 Å². The summed E-state index contributed by atoms with van der Waals surface area (Å²) in [7, 11) is 0. The molecular formula is C14H14FN3O3. The van der Waals surface area contributed by atoms with Crippen molar-refractivity contribution in [2.75, 3.05) is 11.5 Å². The van der Waals surface area contributed by atoms with Gasteiger partial charge in [-0.15, -0.1) is 0 Å². The van der Waals surface area contributed by atoms with E-state index in [1.807, 2.05) is 0 Å². The van der Waals surface area contributed by atoms with Crippen molar-refractivity contribution in [1.29, 1.82) is 0 Å². The van der Waals surface area contributed by atoms with Gasteiger partial charge in [0.2, 0.25) is 0 Å². The number of anilines is 2. The third-order valence-corrected chi connectivity index (χ3v) is 2.46. The lowest BCUT2D eigenvalue weighted by Gasteiger charge is -1.97. The molecule has 21 heavy (non-hydrogen) atoms. The molecule has 0 heterocycles. The minimum Gasteiger partial charge on any atom is -0.397 e. The monoisotopic (exact) mass is 291 g/mol. The molecule has 0 fully saturated rings. The van der Waals surface area contributed by atoms with Crippen molar-refractivity contribution in [3.63, 3.8) is 0 Å². The van der Waals surface area contributed by atoms with Gasteiger partial charge in [0, 0.05) is 11.1 Å². The highest BCUT2D eigenvalue weighted by Gasteiger charge is 2.01. The number of hydrogen-bond acceptors (Lipinski definition) is 5. The van der Waals surface area contributed by atoms with Crippen molar-refractivity contribution >= 4 is 23.6 Å². The van der Waals surface area contributed by atoms with Crippen molar-refractivity contribution in [2.45, 2.75) is 0 Å². The Morgan fingerprint density at radius 3 is 2.14 bits per heavy atom. The molecule has 0 radical (unpaired) electrons. The molecule has 0 bridgehead atoms. The number of carbonyl (C=O) groups is 2. The summed E-state index contributed by atoms with van der Waals surface area (Å²) in [5, 5.41) is 8.25. The molecule has 6 nitrogen and oxygen atoms in total. The average molecular weight is 291 g/mol. The summed E-state index contributed by atoms with van der Waals surface area (Å²) in [6, 6.07) is 9.80. The van der Waals surface area contributed by atoms with Gasteiger partial charge in [-0.25, -0.2) is 9.87 Å². The van der Waals surface area contributed by atoms with Crippen LogP contribution in [0.3, 0.4) is 0 Å². The van der Waals surface area contributed by atoms with Gasteiger partial charge in [0.05, 0.1) is 11.4 Å². The predicted molar refractivity (Wildman–Crippen MR) is 76.3 cm³/mol. The molecule has 0 aliphatic heterocycles. The highest BCUT2D eigenvalue weighted by atomic mass is 19.1. The molecule has 0 aliphatic rings. The fraction of sp³-hybridized carbons (Fsp3) is 0. The Kier molecular flexibility index (Phi) is 5.84. The molecule has 2 aromatic rings. The molecule has 0 saturated carbocycles. The zero-order valence-corrected chi connectivity index (χ0v) is 10.9. The lowest BCUT2D eigenvalue weighted by molar-refractivity contribution is 0.0706. The Balaban J connectivity index is 0.000000219. The lowest BCUT2D eigenvalue weighted by atomic mass is 10.1. The van der Waals surface area contributed by atoms with Gasteiger partial charge in [0.15, 0.2) is 0 Å². The van der Waals surface area contributed by atoms with Crippen molar-refractivity contribution in [2.24, 2.45) is 0 Å².